The molecule has 0 spiro atoms. The zero-order valence-electron chi connectivity index (χ0n) is 8.58. The van der Waals surface area contributed by atoms with Crippen LogP contribution in [-0.4, -0.2) is 35.2 Å². The van der Waals surface area contributed by atoms with Crippen LogP contribution in [0.3, 0.4) is 0 Å². The van der Waals surface area contributed by atoms with Crippen LogP contribution in [0.5, 0.6) is 0 Å². The molecule has 0 aromatic rings. The molecule has 1 aliphatic rings. The van der Waals surface area contributed by atoms with Crippen LogP contribution in [-0.2, 0) is 0 Å². The molecule has 0 aromatic carbocycles. The van der Waals surface area contributed by atoms with Gasteiger partial charge in [0.2, 0.25) is 0 Å². The van der Waals surface area contributed by atoms with E-state index in [2.05, 4.69) is 10.5 Å². The Kier molecular flexibility index (Phi) is 5.56. The molecule has 0 bridgehead atoms. The third-order valence-electron chi connectivity index (χ3n) is 2.71. The van der Waals surface area contributed by atoms with Gasteiger partial charge < -0.3 is 15.6 Å². The van der Waals surface area contributed by atoms with Gasteiger partial charge in [0.15, 0.2) is 0 Å². The molecular weight excluding hydrogens is 180 g/mol. The zero-order valence-corrected chi connectivity index (χ0v) is 8.58. The van der Waals surface area contributed by atoms with Crippen LogP contribution in [0.25, 0.3) is 0 Å². The van der Waals surface area contributed by atoms with E-state index in [1.54, 1.807) is 0 Å². The molecule has 82 valence electrons. The Labute approximate surface area is 85.0 Å². The van der Waals surface area contributed by atoms with Crippen molar-refractivity contribution in [2.75, 3.05) is 13.2 Å². The number of rotatable bonds is 3. The molecule has 4 nitrogen and oxygen atoms in total. The first-order valence-corrected chi connectivity index (χ1v) is 5.43. The Morgan fingerprint density at radius 3 is 2.79 bits per heavy atom. The SMILES string of the molecule is OCCNC1CCCCCC/C1=N\O. The predicted octanol–water partition coefficient (Wildman–Crippen LogP) is 1.12. The maximum atomic E-state index is 8.86. The van der Waals surface area contributed by atoms with E-state index >= 15 is 0 Å². The lowest BCUT2D eigenvalue weighted by molar-refractivity contribution is 0.283. The fourth-order valence-corrected chi connectivity index (χ4v) is 1.93. The van der Waals surface area contributed by atoms with E-state index in [1.807, 2.05) is 0 Å². The number of aliphatic hydroxyl groups excluding tert-OH is 1. The largest absolute Gasteiger partial charge is 0.411 e. The molecule has 0 heterocycles. The third kappa shape index (κ3) is 3.64. The molecule has 1 rings (SSSR count). The monoisotopic (exact) mass is 200 g/mol. The minimum Gasteiger partial charge on any atom is -0.411 e. The number of hydrogen-bond acceptors (Lipinski definition) is 4. The minimum absolute atomic E-state index is 0.134. The van der Waals surface area contributed by atoms with Gasteiger partial charge in [-0.15, -0.1) is 0 Å². The number of nitrogens with one attached hydrogen (secondary N) is 1. The first-order valence-electron chi connectivity index (χ1n) is 5.43. The van der Waals surface area contributed by atoms with E-state index in [-0.39, 0.29) is 12.6 Å². The summed E-state index contributed by atoms with van der Waals surface area (Å²) >= 11 is 0. The van der Waals surface area contributed by atoms with Crippen molar-refractivity contribution in [2.24, 2.45) is 5.16 Å². The van der Waals surface area contributed by atoms with Crippen LogP contribution >= 0.6 is 0 Å². The van der Waals surface area contributed by atoms with Gasteiger partial charge >= 0.3 is 0 Å². The average Bonchev–Trinajstić information content (AvgIpc) is 2.17. The Bertz CT molecular complexity index is 181. The zero-order chi connectivity index (χ0) is 10.2. The molecule has 3 N–H and O–H groups in total. The summed E-state index contributed by atoms with van der Waals surface area (Å²) in [6.45, 7) is 0.707. The Morgan fingerprint density at radius 2 is 2.07 bits per heavy atom. The van der Waals surface area contributed by atoms with Gasteiger partial charge in [0.1, 0.15) is 0 Å². The molecule has 1 aliphatic carbocycles. The van der Waals surface area contributed by atoms with E-state index in [4.69, 9.17) is 10.3 Å². The smallest absolute Gasteiger partial charge is 0.0739 e. The summed E-state index contributed by atoms with van der Waals surface area (Å²) in [4.78, 5) is 0. The quantitative estimate of drug-likeness (QED) is 0.472. The average molecular weight is 200 g/mol. The maximum Gasteiger partial charge on any atom is 0.0739 e. The van der Waals surface area contributed by atoms with Gasteiger partial charge in [-0.1, -0.05) is 24.4 Å². The molecule has 1 fully saturated rings. The van der Waals surface area contributed by atoms with Crippen LogP contribution in [0.15, 0.2) is 5.16 Å². The molecule has 0 amide bonds. The van der Waals surface area contributed by atoms with E-state index in [1.165, 1.54) is 19.3 Å². The normalized spacial score (nSPS) is 27.2. The molecule has 0 aromatic heterocycles. The van der Waals surface area contributed by atoms with Crippen LogP contribution in [0.4, 0.5) is 0 Å². The minimum atomic E-state index is 0.134. The van der Waals surface area contributed by atoms with Crippen molar-refractivity contribution >= 4 is 5.71 Å². The Morgan fingerprint density at radius 1 is 1.29 bits per heavy atom. The maximum absolute atomic E-state index is 8.86. The highest BCUT2D eigenvalue weighted by Crippen LogP contribution is 2.15. The lowest BCUT2D eigenvalue weighted by Gasteiger charge is -2.21. The van der Waals surface area contributed by atoms with E-state index in [0.717, 1.165) is 25.0 Å². The van der Waals surface area contributed by atoms with Crippen molar-refractivity contribution < 1.29 is 10.3 Å². The standard InChI is InChI=1S/C10H20N2O2/c13-8-7-11-9-5-3-1-2-4-6-10(9)12-14/h9,11,13-14H,1-8H2/b12-10+. The molecule has 1 unspecified atom stereocenters. The van der Waals surface area contributed by atoms with Gasteiger partial charge in [-0.2, -0.15) is 0 Å². The third-order valence-corrected chi connectivity index (χ3v) is 2.71. The lowest BCUT2D eigenvalue weighted by atomic mass is 9.95. The van der Waals surface area contributed by atoms with E-state index in [0.29, 0.717) is 6.54 Å². The van der Waals surface area contributed by atoms with Crippen molar-refractivity contribution in [1.82, 2.24) is 5.32 Å². The van der Waals surface area contributed by atoms with Crippen LogP contribution < -0.4 is 5.32 Å². The predicted molar refractivity (Wildman–Crippen MR) is 55.8 cm³/mol. The van der Waals surface area contributed by atoms with E-state index < -0.39 is 0 Å². The second-order valence-electron chi connectivity index (χ2n) is 3.77. The summed E-state index contributed by atoms with van der Waals surface area (Å²) in [7, 11) is 0. The summed E-state index contributed by atoms with van der Waals surface area (Å²) < 4.78 is 0. The highest BCUT2D eigenvalue weighted by atomic mass is 16.4. The van der Waals surface area contributed by atoms with Gasteiger partial charge in [-0.3, -0.25) is 0 Å². The van der Waals surface area contributed by atoms with Gasteiger partial charge in [0, 0.05) is 12.6 Å². The Balaban J connectivity index is 2.46. The number of aliphatic hydroxyl groups is 1. The van der Waals surface area contributed by atoms with Crippen LogP contribution in [0, 0.1) is 0 Å². The lowest BCUT2D eigenvalue weighted by Crippen LogP contribution is -2.39. The summed E-state index contributed by atoms with van der Waals surface area (Å²) in [6, 6.07) is 0.160. The molecule has 0 saturated heterocycles. The molecule has 1 atom stereocenters. The van der Waals surface area contributed by atoms with Crippen molar-refractivity contribution in [1.29, 1.82) is 0 Å². The first kappa shape index (κ1) is 11.5. The summed E-state index contributed by atoms with van der Waals surface area (Å²) in [5.41, 5.74) is 0.846. The molecule has 4 heteroatoms. The van der Waals surface area contributed by atoms with Crippen molar-refractivity contribution in [2.45, 2.75) is 44.6 Å². The highest BCUT2D eigenvalue weighted by Gasteiger charge is 2.17. The number of oxime groups is 1. The van der Waals surface area contributed by atoms with Gasteiger partial charge in [0.25, 0.3) is 0 Å². The molecule has 14 heavy (non-hydrogen) atoms. The van der Waals surface area contributed by atoms with Crippen LogP contribution in [0.2, 0.25) is 0 Å². The number of nitrogens with zero attached hydrogens (tertiary/aromatic N) is 1. The van der Waals surface area contributed by atoms with Crippen molar-refractivity contribution in [3.8, 4) is 0 Å². The molecule has 0 radical (unpaired) electrons. The second kappa shape index (κ2) is 6.79. The van der Waals surface area contributed by atoms with Gasteiger partial charge in [-0.05, 0) is 19.3 Å². The second-order valence-corrected chi connectivity index (χ2v) is 3.77. The van der Waals surface area contributed by atoms with Gasteiger partial charge in [-0.25, -0.2) is 0 Å². The molecule has 1 saturated carbocycles. The molecular formula is C10H20N2O2. The number of hydrogen-bond donors (Lipinski definition) is 3. The highest BCUT2D eigenvalue weighted by molar-refractivity contribution is 5.89. The molecule has 0 aliphatic heterocycles. The summed E-state index contributed by atoms with van der Waals surface area (Å²) in [5, 5.41) is 24.1. The Hall–Kier alpha value is -0.610. The van der Waals surface area contributed by atoms with E-state index in [9.17, 15) is 0 Å². The summed E-state index contributed by atoms with van der Waals surface area (Å²) in [5.74, 6) is 0. The fourth-order valence-electron chi connectivity index (χ4n) is 1.93. The first-order chi connectivity index (χ1) is 6.88. The topological polar surface area (TPSA) is 64.8 Å². The van der Waals surface area contributed by atoms with Crippen LogP contribution in [0.1, 0.15) is 38.5 Å². The van der Waals surface area contributed by atoms with Gasteiger partial charge in [0.05, 0.1) is 12.3 Å². The summed E-state index contributed by atoms with van der Waals surface area (Å²) in [6.07, 6.45) is 6.65. The van der Waals surface area contributed by atoms with Crippen molar-refractivity contribution in [3.05, 3.63) is 0 Å². The van der Waals surface area contributed by atoms with Crippen molar-refractivity contribution in [3.63, 3.8) is 0 Å². The fraction of sp³-hybridized carbons (Fsp3) is 0.900.